The number of aromatic nitrogens is 2. The molecule has 0 bridgehead atoms. The Labute approximate surface area is 108 Å². The van der Waals surface area contributed by atoms with Crippen LogP contribution in [-0.4, -0.2) is 20.9 Å². The molecule has 18 heavy (non-hydrogen) atoms. The van der Waals surface area contributed by atoms with Gasteiger partial charge in [-0.25, -0.2) is 0 Å². The zero-order valence-electron chi connectivity index (χ0n) is 11.3. The smallest absolute Gasteiger partial charge is 0.303 e. The van der Waals surface area contributed by atoms with Crippen LogP contribution in [0.1, 0.15) is 61.5 Å². The summed E-state index contributed by atoms with van der Waals surface area (Å²) in [5, 5.41) is 13.4. The summed E-state index contributed by atoms with van der Waals surface area (Å²) in [5.74, 6) is -0.737. The lowest BCUT2D eigenvalue weighted by molar-refractivity contribution is -0.136. The van der Waals surface area contributed by atoms with E-state index in [0.717, 1.165) is 11.3 Å². The van der Waals surface area contributed by atoms with E-state index in [0.29, 0.717) is 12.5 Å². The van der Waals surface area contributed by atoms with Gasteiger partial charge >= 0.3 is 5.97 Å². The lowest BCUT2D eigenvalue weighted by atomic mass is 9.95. The highest BCUT2D eigenvalue weighted by atomic mass is 16.4. The average Bonchev–Trinajstić information content (AvgIpc) is 2.63. The fourth-order valence-electron chi connectivity index (χ4n) is 2.97. The van der Waals surface area contributed by atoms with Crippen LogP contribution in [0, 0.1) is 13.8 Å². The van der Waals surface area contributed by atoms with Gasteiger partial charge in [-0.15, -0.1) is 0 Å². The summed E-state index contributed by atoms with van der Waals surface area (Å²) >= 11 is 0. The number of hydrogen-bond donors (Lipinski definition) is 1. The Bertz CT molecular complexity index is 431. The number of nitrogens with zero attached hydrogens (tertiary/aromatic N) is 2. The molecule has 0 atom stereocenters. The molecule has 1 saturated carbocycles. The predicted octanol–water partition coefficient (Wildman–Crippen LogP) is 3.02. The van der Waals surface area contributed by atoms with Gasteiger partial charge in [0, 0.05) is 12.1 Å². The second-order valence-corrected chi connectivity index (χ2v) is 5.28. The van der Waals surface area contributed by atoms with E-state index in [1.807, 2.05) is 6.92 Å². The molecule has 1 aromatic heterocycles. The molecule has 0 amide bonds. The maximum atomic E-state index is 10.7. The molecule has 1 heterocycles. The number of carboxylic acids is 1. The van der Waals surface area contributed by atoms with Crippen molar-refractivity contribution in [2.24, 2.45) is 0 Å². The molecule has 0 aliphatic heterocycles. The van der Waals surface area contributed by atoms with Crippen molar-refractivity contribution in [1.29, 1.82) is 0 Å². The third-order valence-corrected chi connectivity index (χ3v) is 3.98. The number of aryl methyl sites for hydroxylation is 1. The Balaban J connectivity index is 2.16. The Hall–Kier alpha value is -1.32. The van der Waals surface area contributed by atoms with Crippen LogP contribution in [0.15, 0.2) is 0 Å². The molecular formula is C14H22N2O2. The Kier molecular flexibility index (Phi) is 4.04. The lowest BCUT2D eigenvalue weighted by Crippen LogP contribution is -2.15. The van der Waals surface area contributed by atoms with Crippen LogP contribution < -0.4 is 0 Å². The van der Waals surface area contributed by atoms with Crippen LogP contribution in [0.2, 0.25) is 0 Å². The van der Waals surface area contributed by atoms with Crippen LogP contribution in [0.4, 0.5) is 0 Å². The summed E-state index contributed by atoms with van der Waals surface area (Å²) < 4.78 is 2.14. The molecule has 0 unspecified atom stereocenters. The van der Waals surface area contributed by atoms with E-state index < -0.39 is 5.97 Å². The summed E-state index contributed by atoms with van der Waals surface area (Å²) in [6.07, 6.45) is 7.11. The molecule has 0 spiro atoms. The molecule has 0 saturated heterocycles. The van der Waals surface area contributed by atoms with Gasteiger partial charge in [0.25, 0.3) is 0 Å². The van der Waals surface area contributed by atoms with Crippen molar-refractivity contribution in [2.45, 2.75) is 64.8 Å². The highest BCUT2D eigenvalue weighted by molar-refractivity contribution is 5.67. The number of aliphatic carboxylic acids is 1. The van der Waals surface area contributed by atoms with E-state index in [9.17, 15) is 4.79 Å². The topological polar surface area (TPSA) is 55.1 Å². The number of hydrogen-bond acceptors (Lipinski definition) is 2. The van der Waals surface area contributed by atoms with Gasteiger partial charge < -0.3 is 5.11 Å². The first kappa shape index (κ1) is 13.1. The standard InChI is InChI=1S/C14H22N2O2/c1-10-13(8-9-14(17)18)11(2)16(15-10)12-6-4-3-5-7-12/h12H,3-9H2,1-2H3,(H,17,18). The molecule has 1 aliphatic rings. The normalized spacial score (nSPS) is 17.0. The van der Waals surface area contributed by atoms with E-state index in [2.05, 4.69) is 16.7 Å². The molecule has 1 fully saturated rings. The van der Waals surface area contributed by atoms with Crippen molar-refractivity contribution in [3.05, 3.63) is 17.0 Å². The van der Waals surface area contributed by atoms with Gasteiger partial charge in [0.1, 0.15) is 0 Å². The fourth-order valence-corrected chi connectivity index (χ4v) is 2.97. The molecule has 0 aromatic carbocycles. The van der Waals surface area contributed by atoms with Crippen LogP contribution in [-0.2, 0) is 11.2 Å². The van der Waals surface area contributed by atoms with E-state index in [4.69, 9.17) is 5.11 Å². The maximum absolute atomic E-state index is 10.7. The lowest BCUT2D eigenvalue weighted by Gasteiger charge is -2.23. The Morgan fingerprint density at radius 3 is 2.61 bits per heavy atom. The summed E-state index contributed by atoms with van der Waals surface area (Å²) in [5.41, 5.74) is 3.29. The maximum Gasteiger partial charge on any atom is 0.303 e. The second kappa shape index (κ2) is 5.55. The highest BCUT2D eigenvalue weighted by Gasteiger charge is 2.20. The van der Waals surface area contributed by atoms with Gasteiger partial charge in [0.05, 0.1) is 11.7 Å². The molecule has 1 aliphatic carbocycles. The number of carbonyl (C=O) groups is 1. The first-order valence-electron chi connectivity index (χ1n) is 6.86. The van der Waals surface area contributed by atoms with Gasteiger partial charge in [0.15, 0.2) is 0 Å². The van der Waals surface area contributed by atoms with E-state index in [1.165, 1.54) is 37.8 Å². The minimum atomic E-state index is -0.737. The summed E-state index contributed by atoms with van der Waals surface area (Å²) in [7, 11) is 0. The molecule has 0 radical (unpaired) electrons. The van der Waals surface area contributed by atoms with Gasteiger partial charge in [-0.1, -0.05) is 19.3 Å². The average molecular weight is 250 g/mol. The van der Waals surface area contributed by atoms with Crippen molar-refractivity contribution < 1.29 is 9.90 Å². The highest BCUT2D eigenvalue weighted by Crippen LogP contribution is 2.30. The van der Waals surface area contributed by atoms with E-state index in [1.54, 1.807) is 0 Å². The van der Waals surface area contributed by atoms with Gasteiger partial charge in [0.2, 0.25) is 0 Å². The fraction of sp³-hybridized carbons (Fsp3) is 0.714. The van der Waals surface area contributed by atoms with E-state index in [-0.39, 0.29) is 6.42 Å². The van der Waals surface area contributed by atoms with Crippen molar-refractivity contribution in [2.75, 3.05) is 0 Å². The molecule has 1 N–H and O–H groups in total. The van der Waals surface area contributed by atoms with Gasteiger partial charge in [-0.05, 0) is 38.7 Å². The molecular weight excluding hydrogens is 228 g/mol. The summed E-state index contributed by atoms with van der Waals surface area (Å²) in [6, 6.07) is 0.524. The molecule has 2 rings (SSSR count). The van der Waals surface area contributed by atoms with Crippen molar-refractivity contribution in [3.63, 3.8) is 0 Å². The third kappa shape index (κ3) is 2.74. The SMILES string of the molecule is Cc1nn(C2CCCCC2)c(C)c1CCC(=O)O. The Morgan fingerprint density at radius 1 is 1.33 bits per heavy atom. The quantitative estimate of drug-likeness (QED) is 0.893. The molecule has 4 nitrogen and oxygen atoms in total. The minimum Gasteiger partial charge on any atom is -0.481 e. The summed E-state index contributed by atoms with van der Waals surface area (Å²) in [6.45, 7) is 4.06. The van der Waals surface area contributed by atoms with Crippen LogP contribution >= 0.6 is 0 Å². The van der Waals surface area contributed by atoms with Crippen molar-refractivity contribution >= 4 is 5.97 Å². The van der Waals surface area contributed by atoms with Gasteiger partial charge in [-0.2, -0.15) is 5.10 Å². The number of rotatable bonds is 4. The van der Waals surface area contributed by atoms with Crippen LogP contribution in [0.5, 0.6) is 0 Å². The molecule has 4 heteroatoms. The predicted molar refractivity (Wildman–Crippen MR) is 69.8 cm³/mol. The van der Waals surface area contributed by atoms with E-state index >= 15 is 0 Å². The monoisotopic (exact) mass is 250 g/mol. The Morgan fingerprint density at radius 2 is 2.00 bits per heavy atom. The van der Waals surface area contributed by atoms with Crippen molar-refractivity contribution in [1.82, 2.24) is 9.78 Å². The van der Waals surface area contributed by atoms with Crippen LogP contribution in [0.25, 0.3) is 0 Å². The van der Waals surface area contributed by atoms with Crippen molar-refractivity contribution in [3.8, 4) is 0 Å². The number of carboxylic acid groups (broad SMARTS) is 1. The minimum absolute atomic E-state index is 0.192. The second-order valence-electron chi connectivity index (χ2n) is 5.28. The zero-order chi connectivity index (χ0) is 13.1. The van der Waals surface area contributed by atoms with Crippen LogP contribution in [0.3, 0.4) is 0 Å². The molecule has 100 valence electrons. The molecule has 1 aromatic rings. The first-order valence-corrected chi connectivity index (χ1v) is 6.86. The third-order valence-electron chi connectivity index (χ3n) is 3.98. The largest absolute Gasteiger partial charge is 0.481 e. The first-order chi connectivity index (χ1) is 8.59. The zero-order valence-corrected chi connectivity index (χ0v) is 11.3. The van der Waals surface area contributed by atoms with Gasteiger partial charge in [-0.3, -0.25) is 9.48 Å². The summed E-state index contributed by atoms with van der Waals surface area (Å²) in [4.78, 5) is 10.7.